The van der Waals surface area contributed by atoms with Gasteiger partial charge in [-0.2, -0.15) is 4.37 Å². The number of carbonyl (C=O) groups is 3. The fraction of sp³-hybridized carbons (Fsp3) is 0.360. The number of nitrogens with two attached hydrogens (primary N) is 2. The number of methoxy groups -OCH3 is 1. The number of furan rings is 1. The van der Waals surface area contributed by atoms with Crippen molar-refractivity contribution in [3.63, 3.8) is 0 Å². The quantitative estimate of drug-likeness (QED) is 0.399. The summed E-state index contributed by atoms with van der Waals surface area (Å²) >= 11 is 0.771. The van der Waals surface area contributed by atoms with E-state index in [9.17, 15) is 14.4 Å². The summed E-state index contributed by atoms with van der Waals surface area (Å²) in [5, 5.41) is 3.09. The molecule has 3 aromatic rings. The molecule has 2 aromatic heterocycles. The van der Waals surface area contributed by atoms with Gasteiger partial charge in [0.15, 0.2) is 11.7 Å². The summed E-state index contributed by atoms with van der Waals surface area (Å²) in [7, 11) is 1.57. The van der Waals surface area contributed by atoms with Gasteiger partial charge >= 0.3 is 0 Å². The Morgan fingerprint density at radius 2 is 1.89 bits per heavy atom. The number of ether oxygens (including phenoxy) is 1. The van der Waals surface area contributed by atoms with Gasteiger partial charge in [-0.1, -0.05) is 25.0 Å². The van der Waals surface area contributed by atoms with Crippen LogP contribution in [0.25, 0.3) is 0 Å². The second kappa shape index (κ2) is 10.8. The molecule has 1 aliphatic rings. The van der Waals surface area contributed by atoms with Gasteiger partial charge in [-0.15, -0.1) is 0 Å². The van der Waals surface area contributed by atoms with E-state index in [1.54, 1.807) is 38.3 Å². The summed E-state index contributed by atoms with van der Waals surface area (Å²) in [4.78, 5) is 40.7. The van der Waals surface area contributed by atoms with Crippen molar-refractivity contribution in [2.75, 3.05) is 12.8 Å². The average Bonchev–Trinajstić information content (AvgIpc) is 3.60. The van der Waals surface area contributed by atoms with Crippen LogP contribution in [0.4, 0.5) is 5.69 Å². The third-order valence-electron chi connectivity index (χ3n) is 6.22. The van der Waals surface area contributed by atoms with Crippen LogP contribution in [0.15, 0.2) is 40.8 Å². The maximum Gasteiger partial charge on any atom is 0.270 e. The second-order valence-electron chi connectivity index (χ2n) is 8.76. The minimum atomic E-state index is -1.08. The van der Waals surface area contributed by atoms with Gasteiger partial charge in [-0.05, 0) is 61.1 Å². The van der Waals surface area contributed by atoms with E-state index >= 15 is 0 Å². The number of primary amides is 1. The molecule has 1 saturated carbocycles. The van der Waals surface area contributed by atoms with Gasteiger partial charge in [-0.25, -0.2) is 0 Å². The molecular formula is C25H29N5O5S. The van der Waals surface area contributed by atoms with Crippen molar-refractivity contribution in [2.24, 2.45) is 5.73 Å². The molecule has 0 bridgehead atoms. The SMILES string of the molecule is COc1ccc(CN(C(=O)c2snc(C(N)=O)c2N)C(C(=O)NC2CCCC2)c2ccc(C)o2)cc1. The Kier molecular flexibility index (Phi) is 7.58. The summed E-state index contributed by atoms with van der Waals surface area (Å²) in [6.07, 6.45) is 3.84. The maximum absolute atomic E-state index is 13.9. The summed E-state index contributed by atoms with van der Waals surface area (Å²) in [6.45, 7) is 1.83. The predicted octanol–water partition coefficient (Wildman–Crippen LogP) is 3.18. The summed E-state index contributed by atoms with van der Waals surface area (Å²) < 4.78 is 15.1. The van der Waals surface area contributed by atoms with Crippen LogP contribution < -0.4 is 21.5 Å². The summed E-state index contributed by atoms with van der Waals surface area (Å²) in [5.74, 6) is -0.157. The molecule has 0 spiro atoms. The van der Waals surface area contributed by atoms with Crippen LogP contribution in [0.2, 0.25) is 0 Å². The van der Waals surface area contributed by atoms with Crippen LogP contribution in [-0.2, 0) is 11.3 Å². The normalized spacial score (nSPS) is 14.4. The fourth-order valence-corrected chi connectivity index (χ4v) is 5.10. The minimum Gasteiger partial charge on any atom is -0.497 e. The van der Waals surface area contributed by atoms with Crippen LogP contribution in [0, 0.1) is 6.92 Å². The largest absolute Gasteiger partial charge is 0.497 e. The van der Waals surface area contributed by atoms with E-state index < -0.39 is 17.9 Å². The first kappa shape index (κ1) is 25.2. The first-order valence-electron chi connectivity index (χ1n) is 11.6. The molecule has 1 fully saturated rings. The smallest absolute Gasteiger partial charge is 0.270 e. The zero-order valence-electron chi connectivity index (χ0n) is 20.2. The van der Waals surface area contributed by atoms with Gasteiger partial charge in [-0.3, -0.25) is 14.4 Å². The maximum atomic E-state index is 13.9. The number of anilines is 1. The van der Waals surface area contributed by atoms with E-state index in [-0.39, 0.29) is 34.8 Å². The lowest BCUT2D eigenvalue weighted by atomic mass is 10.1. The number of benzene rings is 1. The Morgan fingerprint density at radius 3 is 2.44 bits per heavy atom. The van der Waals surface area contributed by atoms with E-state index in [1.165, 1.54) is 4.90 Å². The van der Waals surface area contributed by atoms with Crippen molar-refractivity contribution in [1.82, 2.24) is 14.6 Å². The molecule has 0 saturated heterocycles. The standard InChI is InChI=1S/C25H29N5O5S/c1-14-7-12-18(35-14)21(24(32)28-16-5-3-4-6-16)30(13-15-8-10-17(34-2)11-9-15)25(33)22-19(26)20(23(27)31)29-36-22/h7-12,16,21H,3-6,13,26H2,1-2H3,(H2,27,31)(H,28,32). The van der Waals surface area contributed by atoms with Crippen molar-refractivity contribution in [1.29, 1.82) is 0 Å². The van der Waals surface area contributed by atoms with E-state index in [4.69, 9.17) is 20.6 Å². The number of carbonyl (C=O) groups excluding carboxylic acids is 3. The van der Waals surface area contributed by atoms with E-state index in [0.717, 1.165) is 42.8 Å². The topological polar surface area (TPSA) is 154 Å². The van der Waals surface area contributed by atoms with Crippen molar-refractivity contribution >= 4 is 34.9 Å². The second-order valence-corrected chi connectivity index (χ2v) is 9.53. The third-order valence-corrected chi connectivity index (χ3v) is 7.07. The molecule has 190 valence electrons. The lowest BCUT2D eigenvalue weighted by Crippen LogP contribution is -2.45. The monoisotopic (exact) mass is 511 g/mol. The molecule has 3 amide bonds. The Bertz CT molecular complexity index is 1250. The Balaban J connectivity index is 1.76. The van der Waals surface area contributed by atoms with Crippen molar-refractivity contribution < 1.29 is 23.5 Å². The number of nitrogens with one attached hydrogen (secondary N) is 1. The molecular weight excluding hydrogens is 482 g/mol. The Hall–Kier alpha value is -3.86. The van der Waals surface area contributed by atoms with Gasteiger partial charge < -0.3 is 30.8 Å². The average molecular weight is 512 g/mol. The first-order valence-corrected chi connectivity index (χ1v) is 12.4. The number of nitrogens with zero attached hydrogens (tertiary/aromatic N) is 2. The number of nitrogen functional groups attached to an aromatic ring is 1. The van der Waals surface area contributed by atoms with Crippen molar-refractivity contribution in [3.8, 4) is 5.75 Å². The Morgan fingerprint density at radius 1 is 1.19 bits per heavy atom. The first-order chi connectivity index (χ1) is 17.3. The van der Waals surface area contributed by atoms with Gasteiger partial charge in [0.05, 0.1) is 12.8 Å². The predicted molar refractivity (Wildman–Crippen MR) is 134 cm³/mol. The van der Waals surface area contributed by atoms with Gasteiger partial charge in [0.1, 0.15) is 22.1 Å². The molecule has 0 radical (unpaired) electrons. The molecule has 2 heterocycles. The van der Waals surface area contributed by atoms with E-state index in [1.807, 2.05) is 12.1 Å². The number of aromatic nitrogens is 1. The molecule has 1 unspecified atom stereocenters. The molecule has 1 aliphatic carbocycles. The molecule has 4 rings (SSSR count). The number of amides is 3. The van der Waals surface area contributed by atoms with Crippen LogP contribution in [-0.4, -0.2) is 40.1 Å². The van der Waals surface area contributed by atoms with Crippen LogP contribution in [0.3, 0.4) is 0 Å². The van der Waals surface area contributed by atoms with Crippen molar-refractivity contribution in [2.45, 2.75) is 51.2 Å². The number of hydrogen-bond donors (Lipinski definition) is 3. The lowest BCUT2D eigenvalue weighted by molar-refractivity contribution is -0.127. The molecule has 5 N–H and O–H groups in total. The third kappa shape index (κ3) is 5.35. The minimum absolute atomic E-state index is 0.0271. The van der Waals surface area contributed by atoms with Gasteiger partial charge in [0.2, 0.25) is 0 Å². The highest BCUT2D eigenvalue weighted by Crippen LogP contribution is 2.32. The number of hydrogen-bond acceptors (Lipinski definition) is 8. The highest BCUT2D eigenvalue weighted by Gasteiger charge is 2.37. The fourth-order valence-electron chi connectivity index (χ4n) is 4.34. The molecule has 0 aliphatic heterocycles. The lowest BCUT2D eigenvalue weighted by Gasteiger charge is -2.30. The summed E-state index contributed by atoms with van der Waals surface area (Å²) in [5.41, 5.74) is 11.9. The molecule has 1 aromatic carbocycles. The highest BCUT2D eigenvalue weighted by atomic mass is 32.1. The van der Waals surface area contributed by atoms with E-state index in [0.29, 0.717) is 17.3 Å². The summed E-state index contributed by atoms with van der Waals surface area (Å²) in [6, 6.07) is 9.55. The van der Waals surface area contributed by atoms with E-state index in [2.05, 4.69) is 9.69 Å². The van der Waals surface area contributed by atoms with Crippen LogP contribution in [0.5, 0.6) is 5.75 Å². The van der Waals surface area contributed by atoms with Gasteiger partial charge in [0.25, 0.3) is 17.7 Å². The highest BCUT2D eigenvalue weighted by molar-refractivity contribution is 7.09. The van der Waals surface area contributed by atoms with Crippen molar-refractivity contribution in [3.05, 3.63) is 64.1 Å². The van der Waals surface area contributed by atoms with Crippen LogP contribution in [0.1, 0.15) is 69.0 Å². The molecule has 36 heavy (non-hydrogen) atoms. The molecule has 10 nitrogen and oxygen atoms in total. The molecule has 11 heteroatoms. The zero-order valence-corrected chi connectivity index (χ0v) is 21.0. The van der Waals surface area contributed by atoms with Crippen LogP contribution >= 0.6 is 11.5 Å². The van der Waals surface area contributed by atoms with Gasteiger partial charge in [0, 0.05) is 12.6 Å². The number of rotatable bonds is 9. The Labute approximate surface area is 212 Å². The molecule has 1 atom stereocenters. The zero-order chi connectivity index (χ0) is 25.8. The number of aryl methyl sites for hydroxylation is 1.